The van der Waals surface area contributed by atoms with Crippen LogP contribution in [0.5, 0.6) is 0 Å². The molecule has 0 aliphatic carbocycles. The number of thiazole rings is 1. The second-order valence-corrected chi connectivity index (χ2v) is 9.73. The Morgan fingerprint density at radius 2 is 1.83 bits per heavy atom. The number of benzene rings is 2. The minimum absolute atomic E-state index is 0.000898. The lowest BCUT2D eigenvalue weighted by atomic mass is 10.1. The molecule has 0 aliphatic heterocycles. The van der Waals surface area contributed by atoms with Crippen LogP contribution in [-0.2, 0) is 21.1 Å². The van der Waals surface area contributed by atoms with Crippen molar-refractivity contribution in [3.63, 3.8) is 0 Å². The number of carbonyl (C=O) groups excluding carboxylic acids is 1. The second-order valence-electron chi connectivity index (χ2n) is 5.71. The van der Waals surface area contributed by atoms with Crippen LogP contribution in [0.4, 0.5) is 10.8 Å². The molecule has 1 heterocycles. The topological polar surface area (TPSA) is 119 Å². The number of aromatic nitrogens is 1. The molecule has 8 nitrogen and oxygen atoms in total. The predicted molar refractivity (Wildman–Crippen MR) is 109 cm³/mol. The van der Waals surface area contributed by atoms with Gasteiger partial charge in [-0.2, -0.15) is 0 Å². The maximum Gasteiger partial charge on any atom is 0.269 e. The number of hydrogen-bond donors (Lipinski definition) is 1. The Balaban J connectivity index is 1.73. The number of carbonyl (C=O) groups is 1. The number of anilines is 1. The summed E-state index contributed by atoms with van der Waals surface area (Å²) >= 11 is 12.5. The zero-order chi connectivity index (χ0) is 21.2. The molecule has 0 fully saturated rings. The van der Waals surface area contributed by atoms with E-state index in [1.807, 2.05) is 0 Å². The van der Waals surface area contributed by atoms with Gasteiger partial charge in [-0.05, 0) is 29.8 Å². The molecule has 3 aromatic rings. The van der Waals surface area contributed by atoms with Crippen molar-refractivity contribution in [2.45, 2.75) is 15.5 Å². The summed E-state index contributed by atoms with van der Waals surface area (Å²) in [5, 5.41) is 14.0. The van der Waals surface area contributed by atoms with Crippen LogP contribution < -0.4 is 5.32 Å². The fourth-order valence-corrected chi connectivity index (χ4v) is 5.07. The molecule has 0 saturated carbocycles. The highest BCUT2D eigenvalue weighted by molar-refractivity contribution is 7.93. The van der Waals surface area contributed by atoms with Crippen molar-refractivity contribution >= 4 is 61.1 Å². The SMILES string of the molecule is O=C(Cc1ccc(Cl)c(Cl)c1)Nc1ncc(S(=O)(=O)c2ccc([N+](=O)[O-])cc2)s1. The van der Waals surface area contributed by atoms with Gasteiger partial charge in [-0.15, -0.1) is 0 Å². The average Bonchev–Trinajstić information content (AvgIpc) is 3.14. The van der Waals surface area contributed by atoms with Crippen molar-refractivity contribution in [3.8, 4) is 0 Å². The largest absolute Gasteiger partial charge is 0.302 e. The van der Waals surface area contributed by atoms with Gasteiger partial charge in [0, 0.05) is 12.1 Å². The van der Waals surface area contributed by atoms with Crippen molar-refractivity contribution < 1.29 is 18.1 Å². The highest BCUT2D eigenvalue weighted by Crippen LogP contribution is 2.29. The molecule has 29 heavy (non-hydrogen) atoms. The third-order valence-corrected chi connectivity index (χ3v) is 7.58. The second kappa shape index (κ2) is 8.46. The molecular weight excluding hydrogens is 461 g/mol. The van der Waals surface area contributed by atoms with Gasteiger partial charge in [-0.25, -0.2) is 13.4 Å². The number of nitro groups is 1. The molecule has 2 aromatic carbocycles. The van der Waals surface area contributed by atoms with Crippen LogP contribution >= 0.6 is 34.5 Å². The molecule has 0 spiro atoms. The Bertz CT molecular complexity index is 1190. The number of amides is 1. The Morgan fingerprint density at radius 1 is 1.14 bits per heavy atom. The lowest BCUT2D eigenvalue weighted by molar-refractivity contribution is -0.384. The van der Waals surface area contributed by atoms with E-state index in [0.717, 1.165) is 41.8 Å². The third-order valence-electron chi connectivity index (χ3n) is 3.70. The quantitative estimate of drug-likeness (QED) is 0.420. The summed E-state index contributed by atoms with van der Waals surface area (Å²) in [7, 11) is -3.92. The zero-order valence-electron chi connectivity index (χ0n) is 14.3. The Hall–Kier alpha value is -2.53. The smallest absolute Gasteiger partial charge is 0.269 e. The normalized spacial score (nSPS) is 11.2. The molecular formula is C17H11Cl2N3O5S2. The van der Waals surface area contributed by atoms with E-state index < -0.39 is 20.7 Å². The van der Waals surface area contributed by atoms with Gasteiger partial charge in [0.1, 0.15) is 4.21 Å². The maximum atomic E-state index is 12.6. The van der Waals surface area contributed by atoms with E-state index in [0.29, 0.717) is 15.6 Å². The predicted octanol–water partition coefficient (Wildman–Crippen LogP) is 4.37. The first-order chi connectivity index (χ1) is 13.7. The van der Waals surface area contributed by atoms with E-state index in [2.05, 4.69) is 10.3 Å². The van der Waals surface area contributed by atoms with Gasteiger partial charge in [-0.3, -0.25) is 14.9 Å². The highest BCUT2D eigenvalue weighted by atomic mass is 35.5. The molecule has 0 aliphatic rings. The molecule has 3 rings (SSSR count). The van der Waals surface area contributed by atoms with E-state index in [1.54, 1.807) is 18.2 Å². The Morgan fingerprint density at radius 3 is 2.45 bits per heavy atom. The molecule has 1 amide bonds. The monoisotopic (exact) mass is 471 g/mol. The van der Waals surface area contributed by atoms with Gasteiger partial charge in [0.15, 0.2) is 5.13 Å². The van der Waals surface area contributed by atoms with Crippen LogP contribution in [0.25, 0.3) is 0 Å². The van der Waals surface area contributed by atoms with E-state index in [1.165, 1.54) is 0 Å². The number of nitrogens with zero attached hydrogens (tertiary/aromatic N) is 2. The van der Waals surface area contributed by atoms with Gasteiger partial charge in [0.2, 0.25) is 15.7 Å². The van der Waals surface area contributed by atoms with Crippen molar-refractivity contribution in [1.82, 2.24) is 4.98 Å². The van der Waals surface area contributed by atoms with Gasteiger partial charge < -0.3 is 5.32 Å². The minimum Gasteiger partial charge on any atom is -0.302 e. The maximum absolute atomic E-state index is 12.6. The number of halogens is 2. The summed E-state index contributed by atoms with van der Waals surface area (Å²) in [5.74, 6) is -0.406. The van der Waals surface area contributed by atoms with Crippen molar-refractivity contribution in [2.24, 2.45) is 0 Å². The van der Waals surface area contributed by atoms with Gasteiger partial charge in [-0.1, -0.05) is 40.6 Å². The first kappa shape index (κ1) is 21.2. The van der Waals surface area contributed by atoms with Gasteiger partial charge in [0.25, 0.3) is 5.69 Å². The summed E-state index contributed by atoms with van der Waals surface area (Å²) in [6.45, 7) is 0. The standard InChI is InChI=1S/C17H11Cl2N3O5S2/c18-13-6-1-10(7-14(13)19)8-15(23)21-17-20-9-16(28-17)29(26,27)12-4-2-11(3-5-12)22(24)25/h1-7,9H,8H2,(H,20,21,23). The minimum atomic E-state index is -3.92. The summed E-state index contributed by atoms with van der Waals surface area (Å²) in [6, 6.07) is 9.30. The number of non-ortho nitro benzene ring substituents is 1. The molecule has 150 valence electrons. The first-order valence-electron chi connectivity index (χ1n) is 7.86. The number of sulfone groups is 1. The molecule has 1 N–H and O–H groups in total. The zero-order valence-corrected chi connectivity index (χ0v) is 17.5. The van der Waals surface area contributed by atoms with Crippen molar-refractivity contribution in [3.05, 3.63) is 74.4 Å². The Labute approximate surface area is 179 Å². The lowest BCUT2D eigenvalue weighted by Gasteiger charge is -2.04. The van der Waals surface area contributed by atoms with E-state index >= 15 is 0 Å². The van der Waals surface area contributed by atoms with Crippen molar-refractivity contribution in [2.75, 3.05) is 5.32 Å². The van der Waals surface area contributed by atoms with E-state index in [4.69, 9.17) is 23.2 Å². The van der Waals surface area contributed by atoms with E-state index in [-0.39, 0.29) is 26.3 Å². The van der Waals surface area contributed by atoms with Crippen LogP contribution in [0.3, 0.4) is 0 Å². The molecule has 1 aromatic heterocycles. The molecule has 0 saturated heterocycles. The number of hydrogen-bond acceptors (Lipinski definition) is 7. The van der Waals surface area contributed by atoms with Crippen LogP contribution in [0.15, 0.2) is 57.8 Å². The summed E-state index contributed by atoms with van der Waals surface area (Å²) in [4.78, 5) is 26.1. The summed E-state index contributed by atoms with van der Waals surface area (Å²) < 4.78 is 25.2. The molecule has 12 heteroatoms. The number of nitrogens with one attached hydrogen (secondary N) is 1. The molecule has 0 unspecified atom stereocenters. The average molecular weight is 472 g/mol. The van der Waals surface area contributed by atoms with Crippen LogP contribution in [0.2, 0.25) is 10.0 Å². The molecule has 0 radical (unpaired) electrons. The summed E-state index contributed by atoms with van der Waals surface area (Å²) in [5.41, 5.74) is 0.413. The first-order valence-corrected chi connectivity index (χ1v) is 10.9. The lowest BCUT2D eigenvalue weighted by Crippen LogP contribution is -2.14. The van der Waals surface area contributed by atoms with Crippen LogP contribution in [-0.4, -0.2) is 24.2 Å². The number of nitro benzene ring substituents is 1. The van der Waals surface area contributed by atoms with Crippen molar-refractivity contribution in [1.29, 1.82) is 0 Å². The summed E-state index contributed by atoms with van der Waals surface area (Å²) in [6.07, 6.45) is 1.12. The fraction of sp³-hybridized carbons (Fsp3) is 0.0588. The van der Waals surface area contributed by atoms with Crippen LogP contribution in [0, 0.1) is 10.1 Å². The number of rotatable bonds is 6. The molecule has 0 bridgehead atoms. The van der Waals surface area contributed by atoms with Gasteiger partial charge >= 0.3 is 0 Å². The highest BCUT2D eigenvalue weighted by Gasteiger charge is 2.22. The van der Waals surface area contributed by atoms with Gasteiger partial charge in [0.05, 0.1) is 32.5 Å². The molecule has 0 atom stereocenters. The van der Waals surface area contributed by atoms with E-state index in [9.17, 15) is 23.3 Å². The van der Waals surface area contributed by atoms with Crippen LogP contribution in [0.1, 0.15) is 5.56 Å². The third kappa shape index (κ3) is 4.91. The fourth-order valence-electron chi connectivity index (χ4n) is 2.30. The Kier molecular flexibility index (Phi) is 6.18.